The quantitative estimate of drug-likeness (QED) is 0.511. The molecular weight excluding hydrogens is 310 g/mol. The van der Waals surface area contributed by atoms with E-state index in [4.69, 9.17) is 11.6 Å². The molecule has 1 aliphatic heterocycles. The maximum absolute atomic E-state index is 6.26. The number of nitrogens with zero attached hydrogens (tertiary/aromatic N) is 4. The van der Waals surface area contributed by atoms with Crippen LogP contribution in [0.1, 0.15) is 5.56 Å². The maximum Gasteiger partial charge on any atom is 0.185 e. The molecule has 1 aromatic carbocycles. The van der Waals surface area contributed by atoms with Crippen LogP contribution in [0.2, 0.25) is 5.02 Å². The standard InChI is InChI=1S/C17H12ClN5/c18-12-6-5-11-10-22-8-2-4-14(22)17-21-20-16(13-3-1-7-19-13)23(17)15(11)9-12/h1-9,19H,10H2. The smallest absolute Gasteiger partial charge is 0.185 e. The van der Waals surface area contributed by atoms with Gasteiger partial charge in [0.1, 0.15) is 0 Å². The van der Waals surface area contributed by atoms with Gasteiger partial charge in [0.05, 0.1) is 17.1 Å². The molecule has 0 amide bonds. The van der Waals surface area contributed by atoms with Crippen molar-refractivity contribution >= 4 is 11.6 Å². The molecule has 3 aromatic heterocycles. The van der Waals surface area contributed by atoms with Crippen LogP contribution in [0.15, 0.2) is 54.9 Å². The Morgan fingerprint density at radius 2 is 1.96 bits per heavy atom. The van der Waals surface area contributed by atoms with E-state index in [9.17, 15) is 0 Å². The van der Waals surface area contributed by atoms with Gasteiger partial charge in [0, 0.05) is 24.0 Å². The van der Waals surface area contributed by atoms with E-state index in [0.717, 1.165) is 35.3 Å². The normalized spacial score (nSPS) is 12.4. The molecule has 0 saturated heterocycles. The molecule has 23 heavy (non-hydrogen) atoms. The first kappa shape index (κ1) is 12.7. The second kappa shape index (κ2) is 4.60. The van der Waals surface area contributed by atoms with Crippen LogP contribution in [-0.2, 0) is 6.54 Å². The number of aromatic nitrogens is 5. The lowest BCUT2D eigenvalue weighted by Gasteiger charge is -2.11. The van der Waals surface area contributed by atoms with Crippen molar-refractivity contribution in [2.24, 2.45) is 0 Å². The Morgan fingerprint density at radius 1 is 1.04 bits per heavy atom. The van der Waals surface area contributed by atoms with Gasteiger partial charge in [-0.25, -0.2) is 0 Å². The molecule has 0 saturated carbocycles. The predicted octanol–water partition coefficient (Wildman–Crippen LogP) is 3.75. The Kier molecular flexibility index (Phi) is 2.55. The summed E-state index contributed by atoms with van der Waals surface area (Å²) in [5, 5.41) is 9.56. The monoisotopic (exact) mass is 321 g/mol. The number of H-pyrrole nitrogens is 1. The fourth-order valence-electron chi connectivity index (χ4n) is 3.14. The summed E-state index contributed by atoms with van der Waals surface area (Å²) in [6.07, 6.45) is 3.95. The zero-order valence-electron chi connectivity index (χ0n) is 12.1. The number of hydrogen-bond acceptors (Lipinski definition) is 2. The van der Waals surface area contributed by atoms with Gasteiger partial charge < -0.3 is 9.55 Å². The van der Waals surface area contributed by atoms with E-state index in [-0.39, 0.29) is 0 Å². The molecule has 112 valence electrons. The third-order valence-electron chi connectivity index (χ3n) is 4.19. The SMILES string of the molecule is Clc1ccc2c(c1)-n1c(-c3ccc[nH]3)nnc1-c1cccn1C2. The van der Waals surface area contributed by atoms with Crippen molar-refractivity contribution in [1.82, 2.24) is 24.3 Å². The fraction of sp³-hybridized carbons (Fsp3) is 0.0588. The largest absolute Gasteiger partial charge is 0.359 e. The van der Waals surface area contributed by atoms with Gasteiger partial charge >= 0.3 is 0 Å². The lowest BCUT2D eigenvalue weighted by Crippen LogP contribution is -2.02. The van der Waals surface area contributed by atoms with Gasteiger partial charge in [0.15, 0.2) is 11.6 Å². The van der Waals surface area contributed by atoms with Crippen LogP contribution in [0.5, 0.6) is 0 Å². The second-order valence-corrected chi connectivity index (χ2v) is 6.00. The minimum absolute atomic E-state index is 0.701. The predicted molar refractivity (Wildman–Crippen MR) is 88.7 cm³/mol. The van der Waals surface area contributed by atoms with Gasteiger partial charge in [-0.05, 0) is 42.0 Å². The van der Waals surface area contributed by atoms with Crippen molar-refractivity contribution < 1.29 is 0 Å². The number of fused-ring (bicyclic) bond motifs is 5. The summed E-state index contributed by atoms with van der Waals surface area (Å²) in [6, 6.07) is 14.0. The third kappa shape index (κ3) is 1.80. The van der Waals surface area contributed by atoms with Gasteiger partial charge in [-0.3, -0.25) is 4.57 Å². The molecule has 5 nitrogen and oxygen atoms in total. The number of halogens is 1. The summed E-state index contributed by atoms with van der Waals surface area (Å²) in [5.74, 6) is 1.60. The van der Waals surface area contributed by atoms with E-state index in [0.29, 0.717) is 5.02 Å². The molecule has 0 fully saturated rings. The van der Waals surface area contributed by atoms with E-state index in [1.165, 1.54) is 5.56 Å². The van der Waals surface area contributed by atoms with Gasteiger partial charge in [-0.2, -0.15) is 0 Å². The average molecular weight is 322 g/mol. The van der Waals surface area contributed by atoms with Crippen molar-refractivity contribution in [1.29, 1.82) is 0 Å². The van der Waals surface area contributed by atoms with E-state index in [2.05, 4.69) is 42.6 Å². The Morgan fingerprint density at radius 3 is 2.83 bits per heavy atom. The first-order valence-corrected chi connectivity index (χ1v) is 7.72. The molecule has 0 atom stereocenters. The molecule has 0 unspecified atom stereocenters. The van der Waals surface area contributed by atoms with Gasteiger partial charge in [-0.15, -0.1) is 10.2 Å². The van der Waals surface area contributed by atoms with Crippen LogP contribution in [0, 0.1) is 0 Å². The highest BCUT2D eigenvalue weighted by Gasteiger charge is 2.24. The molecule has 6 heteroatoms. The number of hydrogen-bond donors (Lipinski definition) is 1. The van der Waals surface area contributed by atoms with Crippen LogP contribution in [0.3, 0.4) is 0 Å². The summed E-state index contributed by atoms with van der Waals surface area (Å²) in [7, 11) is 0. The molecule has 1 aliphatic rings. The van der Waals surface area contributed by atoms with Crippen molar-refractivity contribution in [3.63, 3.8) is 0 Å². The number of benzene rings is 1. The van der Waals surface area contributed by atoms with Crippen LogP contribution >= 0.6 is 11.6 Å². The van der Waals surface area contributed by atoms with Crippen molar-refractivity contribution in [3.05, 3.63) is 65.4 Å². The molecule has 0 aliphatic carbocycles. The molecule has 4 aromatic rings. The molecule has 5 rings (SSSR count). The highest BCUT2D eigenvalue weighted by molar-refractivity contribution is 6.30. The van der Waals surface area contributed by atoms with E-state index < -0.39 is 0 Å². The van der Waals surface area contributed by atoms with Crippen molar-refractivity contribution in [3.8, 4) is 28.7 Å². The molecule has 1 N–H and O–H groups in total. The number of nitrogens with one attached hydrogen (secondary N) is 1. The Hall–Kier alpha value is -2.79. The lowest BCUT2D eigenvalue weighted by molar-refractivity contribution is 0.816. The van der Waals surface area contributed by atoms with Crippen molar-refractivity contribution in [2.45, 2.75) is 6.54 Å². The Balaban J connectivity index is 1.90. The van der Waals surface area contributed by atoms with Gasteiger partial charge in [0.25, 0.3) is 0 Å². The minimum atomic E-state index is 0.701. The van der Waals surface area contributed by atoms with Crippen LogP contribution in [-0.4, -0.2) is 24.3 Å². The molecule has 0 spiro atoms. The molecule has 0 bridgehead atoms. The summed E-state index contributed by atoms with van der Waals surface area (Å²) in [4.78, 5) is 3.21. The van der Waals surface area contributed by atoms with Gasteiger partial charge in [-0.1, -0.05) is 17.7 Å². The zero-order valence-corrected chi connectivity index (χ0v) is 12.8. The molecular formula is C17H12ClN5. The van der Waals surface area contributed by atoms with E-state index in [1.54, 1.807) is 0 Å². The van der Waals surface area contributed by atoms with Crippen molar-refractivity contribution in [2.75, 3.05) is 0 Å². The van der Waals surface area contributed by atoms with E-state index >= 15 is 0 Å². The summed E-state index contributed by atoms with van der Waals surface area (Å²) in [6.45, 7) is 0.780. The maximum atomic E-state index is 6.26. The highest BCUT2D eigenvalue weighted by atomic mass is 35.5. The molecule has 4 heterocycles. The first-order chi connectivity index (χ1) is 11.3. The van der Waals surface area contributed by atoms with Crippen LogP contribution in [0.4, 0.5) is 0 Å². The van der Waals surface area contributed by atoms with Crippen LogP contribution in [0.25, 0.3) is 28.7 Å². The minimum Gasteiger partial charge on any atom is -0.359 e. The topological polar surface area (TPSA) is 51.4 Å². The fourth-order valence-corrected chi connectivity index (χ4v) is 3.31. The van der Waals surface area contributed by atoms with Crippen LogP contribution < -0.4 is 0 Å². The zero-order chi connectivity index (χ0) is 15.4. The third-order valence-corrected chi connectivity index (χ3v) is 4.42. The summed E-state index contributed by atoms with van der Waals surface area (Å²) >= 11 is 6.26. The Bertz CT molecular complexity index is 1010. The summed E-state index contributed by atoms with van der Waals surface area (Å²) < 4.78 is 4.25. The average Bonchev–Trinajstić information content (AvgIpc) is 3.26. The number of aromatic amines is 1. The first-order valence-electron chi connectivity index (χ1n) is 7.35. The lowest BCUT2D eigenvalue weighted by atomic mass is 10.1. The number of rotatable bonds is 1. The highest BCUT2D eigenvalue weighted by Crippen LogP contribution is 2.34. The molecule has 0 radical (unpaired) electrons. The second-order valence-electron chi connectivity index (χ2n) is 5.56. The van der Waals surface area contributed by atoms with E-state index in [1.807, 2.05) is 36.5 Å². The van der Waals surface area contributed by atoms with Gasteiger partial charge in [0.2, 0.25) is 0 Å². The Labute approximate surface area is 137 Å². The summed E-state index contributed by atoms with van der Waals surface area (Å²) in [5.41, 5.74) is 4.17.